The number of nitrogens with zero attached hydrogens (tertiary/aromatic N) is 2. The summed E-state index contributed by atoms with van der Waals surface area (Å²) in [6.45, 7) is 1.66. The summed E-state index contributed by atoms with van der Waals surface area (Å²) in [6.07, 6.45) is 1.59. The van der Waals surface area contributed by atoms with Crippen LogP contribution in [-0.4, -0.2) is 31.2 Å². The lowest BCUT2D eigenvalue weighted by Crippen LogP contribution is -2.23. The fourth-order valence-electron chi connectivity index (χ4n) is 1.19. The minimum absolute atomic E-state index is 0.187. The van der Waals surface area contributed by atoms with E-state index >= 15 is 0 Å². The second kappa shape index (κ2) is 5.85. The number of hydrogen-bond acceptors (Lipinski definition) is 7. The van der Waals surface area contributed by atoms with Crippen LogP contribution in [0.15, 0.2) is 27.6 Å². The summed E-state index contributed by atoms with van der Waals surface area (Å²) < 4.78 is 0. The molecule has 2 rings (SSSR count). The van der Waals surface area contributed by atoms with Crippen LogP contribution in [0.3, 0.4) is 0 Å². The minimum atomic E-state index is -0.492. The summed E-state index contributed by atoms with van der Waals surface area (Å²) >= 11 is 2.35. The summed E-state index contributed by atoms with van der Waals surface area (Å²) in [4.78, 5) is 33.1. The van der Waals surface area contributed by atoms with E-state index in [2.05, 4.69) is 20.3 Å². The average Bonchev–Trinajstić information content (AvgIpc) is 2.80. The number of aromatic nitrogens is 3. The van der Waals surface area contributed by atoms with Gasteiger partial charge in [0.2, 0.25) is 11.8 Å². The highest BCUT2D eigenvalue weighted by Crippen LogP contribution is 2.21. The summed E-state index contributed by atoms with van der Waals surface area (Å²) in [5, 5.41) is 13.8. The van der Waals surface area contributed by atoms with E-state index in [1.165, 1.54) is 11.3 Å². The van der Waals surface area contributed by atoms with Crippen LogP contribution < -0.4 is 10.9 Å². The van der Waals surface area contributed by atoms with Crippen LogP contribution in [0.2, 0.25) is 0 Å². The highest BCUT2D eigenvalue weighted by molar-refractivity contribution is 8.00. The van der Waals surface area contributed by atoms with Crippen LogP contribution in [0.5, 0.6) is 5.88 Å². The smallest absolute Gasteiger partial charge is 0.255 e. The van der Waals surface area contributed by atoms with Crippen molar-refractivity contribution in [2.24, 2.45) is 0 Å². The molecule has 0 bridgehead atoms. The van der Waals surface area contributed by atoms with E-state index in [0.717, 1.165) is 17.8 Å². The van der Waals surface area contributed by atoms with Crippen LogP contribution in [0, 0.1) is 0 Å². The summed E-state index contributed by atoms with van der Waals surface area (Å²) in [7, 11) is 0. The van der Waals surface area contributed by atoms with E-state index in [-0.39, 0.29) is 16.9 Å². The zero-order valence-corrected chi connectivity index (χ0v) is 11.4. The maximum absolute atomic E-state index is 11.8. The number of rotatable bonds is 4. The van der Waals surface area contributed by atoms with Gasteiger partial charge in [0, 0.05) is 11.6 Å². The van der Waals surface area contributed by atoms with Gasteiger partial charge in [0.05, 0.1) is 11.3 Å². The van der Waals surface area contributed by atoms with E-state index < -0.39 is 10.8 Å². The molecule has 0 radical (unpaired) electrons. The molecule has 7 nitrogen and oxygen atoms in total. The molecule has 3 N–H and O–H groups in total. The molecule has 100 valence electrons. The van der Waals surface area contributed by atoms with Crippen molar-refractivity contribution < 1.29 is 9.90 Å². The topological polar surface area (TPSA) is 108 Å². The van der Waals surface area contributed by atoms with Gasteiger partial charge in [0.15, 0.2) is 10.3 Å². The Hall–Kier alpha value is -1.87. The number of carbonyl (C=O) groups is 1. The zero-order chi connectivity index (χ0) is 13.8. The first-order chi connectivity index (χ1) is 9.04. The molecule has 0 aliphatic carbocycles. The van der Waals surface area contributed by atoms with Gasteiger partial charge in [-0.1, -0.05) is 11.8 Å². The van der Waals surface area contributed by atoms with Crippen molar-refractivity contribution in [1.82, 2.24) is 15.0 Å². The van der Waals surface area contributed by atoms with Crippen molar-refractivity contribution in [2.75, 3.05) is 5.32 Å². The number of amides is 1. The van der Waals surface area contributed by atoms with Gasteiger partial charge in [-0.2, -0.15) is 4.98 Å². The first kappa shape index (κ1) is 13.6. The Morgan fingerprint density at radius 1 is 1.63 bits per heavy atom. The molecule has 1 atom stereocenters. The lowest BCUT2D eigenvalue weighted by Gasteiger charge is -2.09. The number of anilines is 1. The SMILES string of the molecule is CC(Sc1nc(O)cc(=O)[nH]1)C(=O)Nc1nccs1. The first-order valence-electron chi connectivity index (χ1n) is 5.22. The standard InChI is InChI=1S/C10H10N4O3S2/c1-5(8(17)14-9-11-2-3-18-9)19-10-12-6(15)4-7(16)13-10/h2-5H,1H3,(H,11,14,17)(H2,12,13,15,16). The predicted octanol–water partition coefficient (Wildman–Crippen LogP) is 1.05. The lowest BCUT2D eigenvalue weighted by molar-refractivity contribution is -0.115. The fraction of sp³-hybridized carbons (Fsp3) is 0.200. The van der Waals surface area contributed by atoms with Gasteiger partial charge in [0.25, 0.3) is 5.56 Å². The molecular weight excluding hydrogens is 288 g/mol. The molecule has 19 heavy (non-hydrogen) atoms. The maximum Gasteiger partial charge on any atom is 0.255 e. The van der Waals surface area contributed by atoms with Crippen LogP contribution in [0.1, 0.15) is 6.92 Å². The van der Waals surface area contributed by atoms with Crippen molar-refractivity contribution in [3.63, 3.8) is 0 Å². The lowest BCUT2D eigenvalue weighted by atomic mass is 10.4. The summed E-state index contributed by atoms with van der Waals surface area (Å²) in [5.74, 6) is -0.635. The predicted molar refractivity (Wildman–Crippen MR) is 72.6 cm³/mol. The Morgan fingerprint density at radius 2 is 2.42 bits per heavy atom. The number of thioether (sulfide) groups is 1. The highest BCUT2D eigenvalue weighted by Gasteiger charge is 2.17. The van der Waals surface area contributed by atoms with Crippen molar-refractivity contribution in [3.05, 3.63) is 28.0 Å². The minimum Gasteiger partial charge on any atom is -0.493 e. The Kier molecular flexibility index (Phi) is 4.17. The molecule has 2 aromatic heterocycles. The average molecular weight is 298 g/mol. The zero-order valence-electron chi connectivity index (χ0n) is 9.78. The highest BCUT2D eigenvalue weighted by atomic mass is 32.2. The third-order valence-electron chi connectivity index (χ3n) is 2.03. The molecule has 0 saturated carbocycles. The monoisotopic (exact) mass is 298 g/mol. The Labute approximate surface area is 116 Å². The number of carbonyl (C=O) groups excluding carboxylic acids is 1. The van der Waals surface area contributed by atoms with Crippen LogP contribution in [-0.2, 0) is 4.79 Å². The van der Waals surface area contributed by atoms with Crippen LogP contribution >= 0.6 is 23.1 Å². The third-order valence-corrected chi connectivity index (χ3v) is 3.70. The van der Waals surface area contributed by atoms with Gasteiger partial charge >= 0.3 is 0 Å². The van der Waals surface area contributed by atoms with Gasteiger partial charge in [-0.25, -0.2) is 4.98 Å². The van der Waals surface area contributed by atoms with Gasteiger partial charge in [-0.05, 0) is 6.92 Å². The number of thiazole rings is 1. The molecule has 9 heteroatoms. The normalized spacial score (nSPS) is 12.1. The van der Waals surface area contributed by atoms with Gasteiger partial charge in [0.1, 0.15) is 0 Å². The van der Waals surface area contributed by atoms with E-state index in [1.807, 2.05) is 0 Å². The second-order valence-corrected chi connectivity index (χ2v) is 5.72. The molecule has 0 spiro atoms. The molecule has 2 aromatic rings. The number of aromatic amines is 1. The second-order valence-electron chi connectivity index (χ2n) is 3.50. The van der Waals surface area contributed by atoms with E-state index in [4.69, 9.17) is 0 Å². The van der Waals surface area contributed by atoms with Crippen LogP contribution in [0.25, 0.3) is 0 Å². The molecule has 0 saturated heterocycles. The summed E-state index contributed by atoms with van der Waals surface area (Å²) in [5.41, 5.74) is -0.470. The Balaban J connectivity index is 2.02. The van der Waals surface area contributed by atoms with Crippen molar-refractivity contribution in [2.45, 2.75) is 17.3 Å². The number of hydrogen-bond donors (Lipinski definition) is 3. The number of nitrogens with one attached hydrogen (secondary N) is 2. The quantitative estimate of drug-likeness (QED) is 0.575. The molecule has 0 aliphatic heterocycles. The van der Waals surface area contributed by atoms with E-state index in [9.17, 15) is 14.7 Å². The molecule has 0 fully saturated rings. The molecule has 1 amide bonds. The number of aromatic hydroxyl groups is 1. The molecule has 1 unspecified atom stereocenters. The third kappa shape index (κ3) is 3.80. The fourth-order valence-corrected chi connectivity index (χ4v) is 2.53. The molecular formula is C10H10N4O3S2. The van der Waals surface area contributed by atoms with Crippen molar-refractivity contribution in [3.8, 4) is 5.88 Å². The van der Waals surface area contributed by atoms with Crippen LogP contribution in [0.4, 0.5) is 5.13 Å². The van der Waals surface area contributed by atoms with Gasteiger partial charge < -0.3 is 15.4 Å². The van der Waals surface area contributed by atoms with Crippen molar-refractivity contribution >= 4 is 34.1 Å². The van der Waals surface area contributed by atoms with Crippen molar-refractivity contribution in [1.29, 1.82) is 0 Å². The largest absolute Gasteiger partial charge is 0.493 e. The Bertz CT molecular complexity index is 626. The molecule has 2 heterocycles. The molecule has 0 aromatic carbocycles. The van der Waals surface area contributed by atoms with Gasteiger partial charge in [-0.3, -0.25) is 9.59 Å². The van der Waals surface area contributed by atoms with Gasteiger partial charge in [-0.15, -0.1) is 11.3 Å². The summed E-state index contributed by atoms with van der Waals surface area (Å²) in [6, 6.07) is 0.963. The molecule has 0 aliphatic rings. The Morgan fingerprint density at radius 3 is 3.05 bits per heavy atom. The number of H-pyrrole nitrogens is 1. The van der Waals surface area contributed by atoms with E-state index in [1.54, 1.807) is 18.5 Å². The maximum atomic E-state index is 11.8. The van der Waals surface area contributed by atoms with E-state index in [0.29, 0.717) is 5.13 Å². The first-order valence-corrected chi connectivity index (χ1v) is 6.98.